The molecule has 0 radical (unpaired) electrons. The summed E-state index contributed by atoms with van der Waals surface area (Å²) >= 11 is 0. The summed E-state index contributed by atoms with van der Waals surface area (Å²) in [6.07, 6.45) is 2.63. The number of hydrogen-bond acceptors (Lipinski definition) is 4. The molecule has 6 nitrogen and oxygen atoms in total. The normalized spacial score (nSPS) is 14.5. The molecule has 28 heavy (non-hydrogen) atoms. The molecule has 1 aromatic heterocycles. The van der Waals surface area contributed by atoms with Gasteiger partial charge in [-0.1, -0.05) is 25.1 Å². The molecule has 1 amide bonds. The first-order valence-electron chi connectivity index (χ1n) is 9.06. The van der Waals surface area contributed by atoms with Crippen LogP contribution in [0, 0.1) is 10.1 Å². The minimum absolute atomic E-state index is 0.0295. The third-order valence-electron chi connectivity index (χ3n) is 4.68. The number of rotatable bonds is 5. The number of carbonyl (C=O) groups is 1. The van der Waals surface area contributed by atoms with Crippen LogP contribution in [0.3, 0.4) is 0 Å². The molecular weight excluding hydrogens is 356 g/mol. The van der Waals surface area contributed by atoms with Crippen molar-refractivity contribution in [2.45, 2.75) is 13.3 Å². The van der Waals surface area contributed by atoms with E-state index < -0.39 is 4.92 Å². The fraction of sp³-hybridized carbons (Fsp3) is 0.136. The summed E-state index contributed by atoms with van der Waals surface area (Å²) in [5.41, 5.74) is 3.19. The third-order valence-corrected chi connectivity index (χ3v) is 4.68. The van der Waals surface area contributed by atoms with Gasteiger partial charge >= 0.3 is 0 Å². The van der Waals surface area contributed by atoms with Crippen molar-refractivity contribution in [2.24, 2.45) is 0 Å². The summed E-state index contributed by atoms with van der Waals surface area (Å²) in [6, 6.07) is 17.5. The van der Waals surface area contributed by atoms with Crippen LogP contribution in [0.2, 0.25) is 0 Å². The third kappa shape index (κ3) is 3.09. The Bertz CT molecular complexity index is 1080. The van der Waals surface area contributed by atoms with Gasteiger partial charge in [0, 0.05) is 29.8 Å². The van der Waals surface area contributed by atoms with Gasteiger partial charge in [-0.3, -0.25) is 14.9 Å². The number of nitro groups is 1. The number of non-ortho nitro benzene ring substituents is 1. The van der Waals surface area contributed by atoms with E-state index in [4.69, 9.17) is 4.42 Å². The lowest BCUT2D eigenvalue weighted by Crippen LogP contribution is -2.26. The van der Waals surface area contributed by atoms with Crippen LogP contribution in [0.5, 0.6) is 0 Å². The van der Waals surface area contributed by atoms with Crippen LogP contribution in [0.15, 0.2) is 65.1 Å². The molecule has 6 heteroatoms. The summed E-state index contributed by atoms with van der Waals surface area (Å²) in [4.78, 5) is 25.0. The van der Waals surface area contributed by atoms with Crippen molar-refractivity contribution in [3.8, 4) is 11.3 Å². The number of hydrogen-bond donors (Lipinski definition) is 0. The number of fused-ring (bicyclic) bond motifs is 1. The molecule has 2 aromatic carbocycles. The van der Waals surface area contributed by atoms with Gasteiger partial charge in [0.05, 0.1) is 16.2 Å². The number of nitrogens with zero attached hydrogens (tertiary/aromatic N) is 2. The SMILES string of the molecule is CCCN1C(=O)/C(=C\c2ccc(-c3ccc([N+](=O)[O-])cc3)o2)c2ccccc21. The highest BCUT2D eigenvalue weighted by molar-refractivity contribution is 6.35. The number of para-hydroxylation sites is 1. The smallest absolute Gasteiger partial charge is 0.269 e. The van der Waals surface area contributed by atoms with Crippen molar-refractivity contribution < 1.29 is 14.1 Å². The lowest BCUT2D eigenvalue weighted by Gasteiger charge is -2.15. The maximum atomic E-state index is 12.9. The molecule has 1 aliphatic rings. The van der Waals surface area contributed by atoms with Crippen LogP contribution >= 0.6 is 0 Å². The molecule has 140 valence electrons. The molecule has 1 aliphatic heterocycles. The first-order valence-corrected chi connectivity index (χ1v) is 9.06. The van der Waals surface area contributed by atoms with Crippen molar-refractivity contribution in [3.05, 3.63) is 82.1 Å². The Hall–Kier alpha value is -3.67. The standard InChI is InChI=1S/C22H18N2O4/c1-2-13-23-20-6-4-3-5-18(20)19(22(23)25)14-17-11-12-21(28-17)15-7-9-16(10-8-15)24(26)27/h3-12,14H,2,13H2,1H3/b19-14-. The van der Waals surface area contributed by atoms with E-state index in [9.17, 15) is 14.9 Å². The maximum Gasteiger partial charge on any atom is 0.269 e. The highest BCUT2D eigenvalue weighted by atomic mass is 16.6. The number of amides is 1. The lowest BCUT2D eigenvalue weighted by molar-refractivity contribution is -0.384. The fourth-order valence-corrected chi connectivity index (χ4v) is 3.37. The van der Waals surface area contributed by atoms with Crippen molar-refractivity contribution in [1.82, 2.24) is 0 Å². The van der Waals surface area contributed by atoms with Gasteiger partial charge in [-0.05, 0) is 42.8 Å². The number of benzene rings is 2. The molecule has 2 heterocycles. The van der Waals surface area contributed by atoms with Crippen molar-refractivity contribution in [3.63, 3.8) is 0 Å². The zero-order valence-corrected chi connectivity index (χ0v) is 15.3. The Morgan fingerprint density at radius 3 is 2.54 bits per heavy atom. The number of furan rings is 1. The van der Waals surface area contributed by atoms with E-state index in [0.717, 1.165) is 23.2 Å². The summed E-state index contributed by atoms with van der Waals surface area (Å²) < 4.78 is 5.87. The molecule has 3 aromatic rings. The van der Waals surface area contributed by atoms with Crippen LogP contribution in [0.4, 0.5) is 11.4 Å². The highest BCUT2D eigenvalue weighted by Crippen LogP contribution is 2.38. The summed E-state index contributed by atoms with van der Waals surface area (Å²) in [7, 11) is 0. The Morgan fingerprint density at radius 1 is 1.07 bits per heavy atom. The largest absolute Gasteiger partial charge is 0.457 e. The zero-order valence-electron chi connectivity index (χ0n) is 15.3. The van der Waals surface area contributed by atoms with E-state index in [1.54, 1.807) is 35.2 Å². The van der Waals surface area contributed by atoms with Crippen molar-refractivity contribution in [2.75, 3.05) is 11.4 Å². The molecule has 0 bridgehead atoms. The van der Waals surface area contributed by atoms with Gasteiger partial charge in [0.2, 0.25) is 0 Å². The second-order valence-corrected chi connectivity index (χ2v) is 6.54. The first-order chi connectivity index (χ1) is 13.6. The van der Waals surface area contributed by atoms with E-state index in [2.05, 4.69) is 0 Å². The summed E-state index contributed by atoms with van der Waals surface area (Å²) in [6.45, 7) is 2.71. The van der Waals surface area contributed by atoms with E-state index in [1.807, 2.05) is 31.2 Å². The van der Waals surface area contributed by atoms with Crippen molar-refractivity contribution in [1.29, 1.82) is 0 Å². The molecule has 0 unspecified atom stereocenters. The Morgan fingerprint density at radius 2 is 1.82 bits per heavy atom. The molecular formula is C22H18N2O4. The molecule has 0 saturated carbocycles. The summed E-state index contributed by atoms with van der Waals surface area (Å²) in [5.74, 6) is 1.12. The van der Waals surface area contributed by atoms with Gasteiger partial charge in [0.25, 0.3) is 11.6 Å². The van der Waals surface area contributed by atoms with E-state index >= 15 is 0 Å². The Kier molecular flexibility index (Phi) is 4.53. The van der Waals surface area contributed by atoms with E-state index in [-0.39, 0.29) is 11.6 Å². The Balaban J connectivity index is 1.67. The number of anilines is 1. The van der Waals surface area contributed by atoms with Gasteiger partial charge < -0.3 is 9.32 Å². The monoisotopic (exact) mass is 374 g/mol. The Labute approximate surface area is 161 Å². The van der Waals surface area contributed by atoms with Crippen molar-refractivity contribution >= 4 is 28.9 Å². The molecule has 0 N–H and O–H groups in total. The van der Waals surface area contributed by atoms with E-state index in [1.165, 1.54) is 12.1 Å². The second kappa shape index (κ2) is 7.15. The lowest BCUT2D eigenvalue weighted by atomic mass is 10.1. The predicted molar refractivity (Wildman–Crippen MR) is 108 cm³/mol. The molecule has 0 aliphatic carbocycles. The van der Waals surface area contributed by atoms with Gasteiger partial charge in [-0.15, -0.1) is 0 Å². The minimum atomic E-state index is -0.438. The van der Waals surface area contributed by atoms with Gasteiger partial charge in [-0.25, -0.2) is 0 Å². The van der Waals surface area contributed by atoms with Crippen LogP contribution in [-0.2, 0) is 4.79 Å². The predicted octanol–water partition coefficient (Wildman–Crippen LogP) is 5.15. The maximum absolute atomic E-state index is 12.9. The topological polar surface area (TPSA) is 76.6 Å². The average Bonchev–Trinajstić information content (AvgIpc) is 3.28. The molecule has 0 spiro atoms. The van der Waals surface area contributed by atoms with Gasteiger partial charge in [0.15, 0.2) is 0 Å². The molecule has 0 fully saturated rings. The fourth-order valence-electron chi connectivity index (χ4n) is 3.37. The summed E-state index contributed by atoms with van der Waals surface area (Å²) in [5, 5.41) is 10.8. The quantitative estimate of drug-likeness (QED) is 0.351. The molecule has 0 atom stereocenters. The number of nitro benzene ring substituents is 1. The average molecular weight is 374 g/mol. The van der Waals surface area contributed by atoms with Crippen LogP contribution in [-0.4, -0.2) is 17.4 Å². The van der Waals surface area contributed by atoms with Crippen LogP contribution < -0.4 is 4.90 Å². The number of carbonyl (C=O) groups excluding carboxylic acids is 1. The molecule has 0 saturated heterocycles. The van der Waals surface area contributed by atoms with Crippen LogP contribution in [0.25, 0.3) is 23.0 Å². The van der Waals surface area contributed by atoms with Gasteiger partial charge in [-0.2, -0.15) is 0 Å². The zero-order chi connectivity index (χ0) is 19.7. The second-order valence-electron chi connectivity index (χ2n) is 6.54. The molecule has 4 rings (SSSR count). The highest BCUT2D eigenvalue weighted by Gasteiger charge is 2.31. The first kappa shape index (κ1) is 17.7. The van der Waals surface area contributed by atoms with Gasteiger partial charge in [0.1, 0.15) is 11.5 Å². The minimum Gasteiger partial charge on any atom is -0.457 e. The van der Waals surface area contributed by atoms with E-state index in [0.29, 0.717) is 23.6 Å². The van der Waals surface area contributed by atoms with Crippen LogP contribution in [0.1, 0.15) is 24.7 Å².